The van der Waals surface area contributed by atoms with Crippen molar-refractivity contribution >= 4 is 0 Å². The van der Waals surface area contributed by atoms with Gasteiger partial charge in [0.05, 0.1) is 6.04 Å². The van der Waals surface area contributed by atoms with Crippen LogP contribution in [0.4, 0.5) is 0 Å². The van der Waals surface area contributed by atoms with Crippen molar-refractivity contribution in [3.05, 3.63) is 0 Å². The highest BCUT2D eigenvalue weighted by molar-refractivity contribution is 4.63. The molecule has 1 fully saturated rings. The maximum Gasteiger partial charge on any atom is 0.0843 e. The van der Waals surface area contributed by atoms with Gasteiger partial charge in [-0.05, 0) is 19.3 Å². The maximum atomic E-state index is 3.84. The van der Waals surface area contributed by atoms with Gasteiger partial charge in [-0.25, -0.2) is 0 Å². The highest BCUT2D eigenvalue weighted by Gasteiger charge is 2.13. The van der Waals surface area contributed by atoms with E-state index in [4.69, 9.17) is 0 Å². The van der Waals surface area contributed by atoms with E-state index in [1.807, 2.05) is 0 Å². The number of hydrogen-bond donors (Lipinski definition) is 1. The van der Waals surface area contributed by atoms with Gasteiger partial charge in [0.2, 0.25) is 0 Å². The lowest BCUT2D eigenvalue weighted by Crippen LogP contribution is -3.00. The number of halogens is 1. The van der Waals surface area contributed by atoms with Gasteiger partial charge >= 0.3 is 0 Å². The minimum absolute atomic E-state index is 0. The second-order valence-corrected chi connectivity index (χ2v) is 1.80. The van der Waals surface area contributed by atoms with E-state index in [1.54, 1.807) is 0 Å². The molecule has 0 bridgehead atoms. The van der Waals surface area contributed by atoms with E-state index in [0.29, 0.717) is 0 Å². The summed E-state index contributed by atoms with van der Waals surface area (Å²) in [7, 11) is 0. The summed E-state index contributed by atoms with van der Waals surface area (Å²) in [5, 5.41) is 0. The molecular formula is C4H10ClN. The Hall–Kier alpha value is 0.250. The van der Waals surface area contributed by atoms with Crippen LogP contribution in [0.1, 0.15) is 19.3 Å². The SMILES string of the molecule is [Cl-].[NH3+]C1CCC1. The van der Waals surface area contributed by atoms with Crippen molar-refractivity contribution in [3.63, 3.8) is 0 Å². The molecule has 1 rings (SSSR count). The van der Waals surface area contributed by atoms with Crippen molar-refractivity contribution in [2.75, 3.05) is 0 Å². The molecule has 3 N–H and O–H groups in total. The van der Waals surface area contributed by atoms with Crippen LogP contribution in [-0.4, -0.2) is 6.04 Å². The Kier molecular flexibility index (Phi) is 2.53. The fraction of sp³-hybridized carbons (Fsp3) is 1.00. The van der Waals surface area contributed by atoms with Gasteiger partial charge in [0.15, 0.2) is 0 Å². The van der Waals surface area contributed by atoms with Crippen molar-refractivity contribution in [1.82, 2.24) is 0 Å². The largest absolute Gasteiger partial charge is 1.00 e. The molecule has 0 spiro atoms. The van der Waals surface area contributed by atoms with Crippen molar-refractivity contribution in [2.24, 2.45) is 0 Å². The summed E-state index contributed by atoms with van der Waals surface area (Å²) in [6, 6.07) is 0.815. The van der Waals surface area contributed by atoms with E-state index in [0.717, 1.165) is 6.04 Å². The zero-order chi connectivity index (χ0) is 3.70. The number of rotatable bonds is 0. The summed E-state index contributed by atoms with van der Waals surface area (Å²) in [6.07, 6.45) is 4.17. The quantitative estimate of drug-likeness (QED) is 0.338. The first-order valence-electron chi connectivity index (χ1n) is 2.22. The molecule has 1 saturated carbocycles. The van der Waals surface area contributed by atoms with Crippen LogP contribution in [0.5, 0.6) is 0 Å². The minimum atomic E-state index is 0. The molecule has 0 amide bonds. The lowest BCUT2D eigenvalue weighted by atomic mass is 9.95. The van der Waals surface area contributed by atoms with Crippen molar-refractivity contribution in [2.45, 2.75) is 25.3 Å². The monoisotopic (exact) mass is 107 g/mol. The molecule has 0 aromatic rings. The summed E-state index contributed by atoms with van der Waals surface area (Å²) in [5.74, 6) is 0. The molecule has 0 saturated heterocycles. The van der Waals surface area contributed by atoms with E-state index in [-0.39, 0.29) is 12.4 Å². The summed E-state index contributed by atoms with van der Waals surface area (Å²) >= 11 is 0. The average Bonchev–Trinajstić information content (AvgIpc) is 1.30. The molecule has 38 valence electrons. The Morgan fingerprint density at radius 1 is 1.33 bits per heavy atom. The van der Waals surface area contributed by atoms with Gasteiger partial charge < -0.3 is 18.1 Å². The standard InChI is InChI=1S/C4H9N.ClH/c5-4-2-1-3-4;/h4H,1-3,5H2;1H. The lowest BCUT2D eigenvalue weighted by molar-refractivity contribution is -0.437. The van der Waals surface area contributed by atoms with Crippen LogP contribution in [0.2, 0.25) is 0 Å². The number of hydrogen-bond acceptors (Lipinski definition) is 0. The average molecular weight is 108 g/mol. The van der Waals surface area contributed by atoms with Crippen LogP contribution in [0.3, 0.4) is 0 Å². The smallest absolute Gasteiger partial charge is 0.0843 e. The fourth-order valence-corrected chi connectivity index (χ4v) is 0.493. The molecule has 0 aromatic heterocycles. The summed E-state index contributed by atoms with van der Waals surface area (Å²) < 4.78 is 0. The second-order valence-electron chi connectivity index (χ2n) is 1.80. The normalized spacial score (nSPS) is 21.5. The lowest BCUT2D eigenvalue weighted by Gasteiger charge is -2.15. The molecular weight excluding hydrogens is 97.5 g/mol. The van der Waals surface area contributed by atoms with Crippen molar-refractivity contribution in [1.29, 1.82) is 0 Å². The molecule has 0 radical (unpaired) electrons. The minimum Gasteiger partial charge on any atom is -1.00 e. The van der Waals surface area contributed by atoms with Crippen LogP contribution in [-0.2, 0) is 0 Å². The first-order chi connectivity index (χ1) is 2.39. The van der Waals surface area contributed by atoms with E-state index in [9.17, 15) is 0 Å². The Morgan fingerprint density at radius 3 is 1.67 bits per heavy atom. The van der Waals surface area contributed by atoms with Gasteiger partial charge in [0, 0.05) is 0 Å². The van der Waals surface area contributed by atoms with E-state index in [1.165, 1.54) is 19.3 Å². The summed E-state index contributed by atoms with van der Waals surface area (Å²) in [5.41, 5.74) is 3.84. The predicted molar refractivity (Wildman–Crippen MR) is 20.5 cm³/mol. The Morgan fingerprint density at radius 2 is 1.67 bits per heavy atom. The maximum absolute atomic E-state index is 3.84. The zero-order valence-corrected chi connectivity index (χ0v) is 4.54. The van der Waals surface area contributed by atoms with Gasteiger partial charge in [-0.3, -0.25) is 0 Å². The molecule has 2 heteroatoms. The summed E-state index contributed by atoms with van der Waals surface area (Å²) in [6.45, 7) is 0. The second kappa shape index (κ2) is 2.43. The zero-order valence-electron chi connectivity index (χ0n) is 3.78. The van der Waals surface area contributed by atoms with Crippen LogP contribution >= 0.6 is 0 Å². The topological polar surface area (TPSA) is 27.6 Å². The van der Waals surface area contributed by atoms with E-state index >= 15 is 0 Å². The molecule has 6 heavy (non-hydrogen) atoms. The predicted octanol–water partition coefficient (Wildman–Crippen LogP) is -3.22. The van der Waals surface area contributed by atoms with Crippen LogP contribution in [0.25, 0.3) is 0 Å². The van der Waals surface area contributed by atoms with Gasteiger partial charge in [0.25, 0.3) is 0 Å². The van der Waals surface area contributed by atoms with Crippen LogP contribution in [0.15, 0.2) is 0 Å². The van der Waals surface area contributed by atoms with Gasteiger partial charge in [0.1, 0.15) is 0 Å². The van der Waals surface area contributed by atoms with Crippen LogP contribution in [0, 0.1) is 0 Å². The Labute approximate surface area is 44.3 Å². The molecule has 0 heterocycles. The molecule has 1 aliphatic rings. The third-order valence-electron chi connectivity index (χ3n) is 1.22. The van der Waals surface area contributed by atoms with E-state index in [2.05, 4.69) is 5.73 Å². The summed E-state index contributed by atoms with van der Waals surface area (Å²) in [4.78, 5) is 0. The molecule has 0 atom stereocenters. The van der Waals surface area contributed by atoms with Crippen LogP contribution < -0.4 is 18.1 Å². The molecule has 1 aliphatic carbocycles. The molecule has 0 aliphatic heterocycles. The molecule has 0 unspecified atom stereocenters. The first kappa shape index (κ1) is 6.25. The highest BCUT2D eigenvalue weighted by Crippen LogP contribution is 2.12. The van der Waals surface area contributed by atoms with Gasteiger partial charge in [-0.1, -0.05) is 0 Å². The Balaban J connectivity index is 0.000000250. The van der Waals surface area contributed by atoms with Crippen molar-refractivity contribution < 1.29 is 18.1 Å². The molecule has 1 nitrogen and oxygen atoms in total. The van der Waals surface area contributed by atoms with Gasteiger partial charge in [-0.15, -0.1) is 0 Å². The van der Waals surface area contributed by atoms with E-state index < -0.39 is 0 Å². The Bertz CT molecular complexity index is 34.5. The fourth-order valence-electron chi connectivity index (χ4n) is 0.493. The first-order valence-corrected chi connectivity index (χ1v) is 2.22. The van der Waals surface area contributed by atoms with Gasteiger partial charge in [-0.2, -0.15) is 0 Å². The third kappa shape index (κ3) is 1.15. The highest BCUT2D eigenvalue weighted by atomic mass is 35.5. The van der Waals surface area contributed by atoms with Crippen molar-refractivity contribution in [3.8, 4) is 0 Å². The molecule has 0 aromatic carbocycles. The third-order valence-corrected chi connectivity index (χ3v) is 1.22. The number of quaternary nitrogens is 1.